The second-order valence-corrected chi connectivity index (χ2v) is 6.63. The first-order valence-electron chi connectivity index (χ1n) is 8.47. The van der Waals surface area contributed by atoms with Crippen LogP contribution in [0, 0.1) is 0 Å². The summed E-state index contributed by atoms with van der Waals surface area (Å²) in [5.41, 5.74) is 1.55. The minimum absolute atomic E-state index is 0.0504. The summed E-state index contributed by atoms with van der Waals surface area (Å²) in [7, 11) is 1.77. The number of carbonyl (C=O) groups is 1. The standard InChI is InChI=1S/C20H22ClNO3/c1-22(13-16-5-2-3-7-19(16)21)20(23)15-8-10-17(11-9-15)25-14-18-6-4-12-24-18/h2-3,5,7-11,18H,4,6,12-14H2,1H3. The Morgan fingerprint density at radius 2 is 2.00 bits per heavy atom. The van der Waals surface area contributed by atoms with E-state index >= 15 is 0 Å². The molecular weight excluding hydrogens is 338 g/mol. The molecule has 0 radical (unpaired) electrons. The molecule has 1 aliphatic rings. The fraction of sp³-hybridized carbons (Fsp3) is 0.350. The molecule has 0 aromatic heterocycles. The summed E-state index contributed by atoms with van der Waals surface area (Å²) in [5, 5.41) is 0.667. The Hall–Kier alpha value is -2.04. The van der Waals surface area contributed by atoms with E-state index < -0.39 is 0 Å². The third kappa shape index (κ3) is 4.74. The molecule has 0 N–H and O–H groups in total. The molecule has 2 aromatic carbocycles. The maximum Gasteiger partial charge on any atom is 0.253 e. The molecule has 1 aliphatic heterocycles. The Kier molecular flexibility index (Phi) is 5.95. The zero-order valence-electron chi connectivity index (χ0n) is 14.3. The normalized spacial score (nSPS) is 16.6. The van der Waals surface area contributed by atoms with E-state index in [1.54, 1.807) is 24.1 Å². The highest BCUT2D eigenvalue weighted by molar-refractivity contribution is 6.31. The molecule has 5 heteroatoms. The van der Waals surface area contributed by atoms with Crippen molar-refractivity contribution in [1.82, 2.24) is 4.90 Å². The molecule has 1 unspecified atom stereocenters. The molecule has 1 saturated heterocycles. The number of hydrogen-bond acceptors (Lipinski definition) is 3. The largest absolute Gasteiger partial charge is 0.491 e. The number of benzene rings is 2. The van der Waals surface area contributed by atoms with Crippen LogP contribution in [0.25, 0.3) is 0 Å². The molecule has 2 aromatic rings. The first kappa shape index (κ1) is 17.8. The SMILES string of the molecule is CN(Cc1ccccc1Cl)C(=O)c1ccc(OCC2CCCO2)cc1. The lowest BCUT2D eigenvalue weighted by molar-refractivity contribution is 0.0679. The van der Waals surface area contributed by atoms with Crippen molar-refractivity contribution in [3.8, 4) is 5.75 Å². The van der Waals surface area contributed by atoms with Crippen molar-refractivity contribution >= 4 is 17.5 Å². The van der Waals surface area contributed by atoms with Crippen LogP contribution in [-0.2, 0) is 11.3 Å². The van der Waals surface area contributed by atoms with Crippen LogP contribution in [-0.4, -0.2) is 37.2 Å². The van der Waals surface area contributed by atoms with Crippen molar-refractivity contribution in [2.75, 3.05) is 20.3 Å². The fourth-order valence-corrected chi connectivity index (χ4v) is 3.03. The molecule has 1 atom stereocenters. The molecule has 1 amide bonds. The summed E-state index contributed by atoms with van der Waals surface area (Å²) in [6, 6.07) is 14.8. The topological polar surface area (TPSA) is 38.8 Å². The van der Waals surface area contributed by atoms with Crippen LogP contribution < -0.4 is 4.74 Å². The van der Waals surface area contributed by atoms with Crippen LogP contribution in [0.5, 0.6) is 5.75 Å². The lowest BCUT2D eigenvalue weighted by atomic mass is 10.1. The number of rotatable bonds is 6. The van der Waals surface area contributed by atoms with Crippen molar-refractivity contribution in [3.63, 3.8) is 0 Å². The minimum Gasteiger partial charge on any atom is -0.491 e. The Balaban J connectivity index is 1.57. The van der Waals surface area contributed by atoms with Gasteiger partial charge in [0.2, 0.25) is 0 Å². The second kappa shape index (κ2) is 8.37. The van der Waals surface area contributed by atoms with Gasteiger partial charge < -0.3 is 14.4 Å². The molecule has 4 nitrogen and oxygen atoms in total. The van der Waals surface area contributed by atoms with Gasteiger partial charge in [0.25, 0.3) is 5.91 Å². The molecule has 0 spiro atoms. The monoisotopic (exact) mass is 359 g/mol. The van der Waals surface area contributed by atoms with Gasteiger partial charge in [-0.2, -0.15) is 0 Å². The van der Waals surface area contributed by atoms with Crippen LogP contribution in [0.1, 0.15) is 28.8 Å². The van der Waals surface area contributed by atoms with Gasteiger partial charge in [0.1, 0.15) is 12.4 Å². The lowest BCUT2D eigenvalue weighted by Crippen LogP contribution is -2.26. The highest BCUT2D eigenvalue weighted by Crippen LogP contribution is 2.19. The minimum atomic E-state index is -0.0504. The molecule has 1 heterocycles. The number of nitrogens with zero attached hydrogens (tertiary/aromatic N) is 1. The molecular formula is C20H22ClNO3. The lowest BCUT2D eigenvalue weighted by Gasteiger charge is -2.18. The Morgan fingerprint density at radius 3 is 2.68 bits per heavy atom. The van der Waals surface area contributed by atoms with E-state index in [1.807, 2.05) is 36.4 Å². The van der Waals surface area contributed by atoms with E-state index in [0.29, 0.717) is 23.7 Å². The van der Waals surface area contributed by atoms with Crippen molar-refractivity contribution < 1.29 is 14.3 Å². The summed E-state index contributed by atoms with van der Waals surface area (Å²) in [4.78, 5) is 14.2. The van der Waals surface area contributed by atoms with Gasteiger partial charge in [-0.05, 0) is 48.7 Å². The average Bonchev–Trinajstić information content (AvgIpc) is 3.15. The number of halogens is 1. The van der Waals surface area contributed by atoms with E-state index in [4.69, 9.17) is 21.1 Å². The first-order chi connectivity index (χ1) is 12.1. The molecule has 25 heavy (non-hydrogen) atoms. The maximum atomic E-state index is 12.6. The predicted octanol–water partition coefficient (Wildman–Crippen LogP) is 4.17. The van der Waals surface area contributed by atoms with Crippen LogP contribution in [0.3, 0.4) is 0 Å². The summed E-state index contributed by atoms with van der Waals surface area (Å²) in [5.74, 6) is 0.700. The van der Waals surface area contributed by atoms with Gasteiger partial charge in [-0.15, -0.1) is 0 Å². The van der Waals surface area contributed by atoms with E-state index in [2.05, 4.69) is 0 Å². The second-order valence-electron chi connectivity index (χ2n) is 6.22. The third-order valence-electron chi connectivity index (χ3n) is 4.27. The van der Waals surface area contributed by atoms with Gasteiger partial charge in [0, 0.05) is 30.8 Å². The smallest absolute Gasteiger partial charge is 0.253 e. The first-order valence-corrected chi connectivity index (χ1v) is 8.84. The van der Waals surface area contributed by atoms with Crippen molar-refractivity contribution in [2.24, 2.45) is 0 Å². The molecule has 3 rings (SSSR count). The Labute approximate surface area is 153 Å². The average molecular weight is 360 g/mol. The number of amides is 1. The van der Waals surface area contributed by atoms with Gasteiger partial charge in [0.15, 0.2) is 0 Å². The summed E-state index contributed by atoms with van der Waals surface area (Å²) < 4.78 is 11.3. The summed E-state index contributed by atoms with van der Waals surface area (Å²) in [6.45, 7) is 1.84. The van der Waals surface area contributed by atoms with Crippen molar-refractivity contribution in [2.45, 2.75) is 25.5 Å². The Bertz CT molecular complexity index is 711. The van der Waals surface area contributed by atoms with E-state index in [-0.39, 0.29) is 12.0 Å². The zero-order valence-corrected chi connectivity index (χ0v) is 15.0. The third-order valence-corrected chi connectivity index (χ3v) is 4.64. The molecule has 0 saturated carbocycles. The number of hydrogen-bond donors (Lipinski definition) is 0. The summed E-state index contributed by atoms with van der Waals surface area (Å²) >= 11 is 6.16. The van der Waals surface area contributed by atoms with E-state index in [1.165, 1.54) is 0 Å². The molecule has 132 valence electrons. The van der Waals surface area contributed by atoms with Gasteiger partial charge in [-0.3, -0.25) is 4.79 Å². The number of ether oxygens (including phenoxy) is 2. The van der Waals surface area contributed by atoms with E-state index in [0.717, 1.165) is 30.8 Å². The zero-order chi connectivity index (χ0) is 17.6. The van der Waals surface area contributed by atoms with Gasteiger partial charge >= 0.3 is 0 Å². The maximum absolute atomic E-state index is 12.6. The highest BCUT2D eigenvalue weighted by atomic mass is 35.5. The van der Waals surface area contributed by atoms with Gasteiger partial charge in [-0.1, -0.05) is 29.8 Å². The van der Waals surface area contributed by atoms with Crippen molar-refractivity contribution in [1.29, 1.82) is 0 Å². The molecule has 1 fully saturated rings. The predicted molar refractivity (Wildman–Crippen MR) is 98.2 cm³/mol. The van der Waals surface area contributed by atoms with Crippen LogP contribution in [0.2, 0.25) is 5.02 Å². The van der Waals surface area contributed by atoms with Crippen LogP contribution in [0.4, 0.5) is 0 Å². The molecule has 0 bridgehead atoms. The molecule has 0 aliphatic carbocycles. The van der Waals surface area contributed by atoms with Crippen molar-refractivity contribution in [3.05, 3.63) is 64.7 Å². The van der Waals surface area contributed by atoms with Crippen LogP contribution >= 0.6 is 11.6 Å². The number of carbonyl (C=O) groups excluding carboxylic acids is 1. The highest BCUT2D eigenvalue weighted by Gasteiger charge is 2.16. The van der Waals surface area contributed by atoms with E-state index in [9.17, 15) is 4.79 Å². The quantitative estimate of drug-likeness (QED) is 0.777. The Morgan fingerprint density at radius 1 is 1.24 bits per heavy atom. The summed E-state index contributed by atoms with van der Waals surface area (Å²) in [6.07, 6.45) is 2.32. The van der Waals surface area contributed by atoms with Gasteiger partial charge in [-0.25, -0.2) is 0 Å². The fourth-order valence-electron chi connectivity index (χ4n) is 2.83. The van der Waals surface area contributed by atoms with Gasteiger partial charge in [0.05, 0.1) is 6.10 Å². The van der Waals surface area contributed by atoms with Crippen LogP contribution in [0.15, 0.2) is 48.5 Å².